The fraction of sp³-hybridized carbons (Fsp3) is 0.727. The highest BCUT2D eigenvalue weighted by Crippen LogP contribution is 2.27. The number of hydrogen-bond acceptors (Lipinski definition) is 5. The number of piperidine rings is 1. The Balaban J connectivity index is 1.37. The third kappa shape index (κ3) is 4.44. The van der Waals surface area contributed by atoms with Crippen molar-refractivity contribution in [2.24, 2.45) is 0 Å². The van der Waals surface area contributed by atoms with Gasteiger partial charge in [0.2, 0.25) is 11.8 Å². The van der Waals surface area contributed by atoms with Crippen LogP contribution in [0.1, 0.15) is 69.0 Å². The Kier molecular flexibility index (Phi) is 6.13. The summed E-state index contributed by atoms with van der Waals surface area (Å²) in [5.41, 5.74) is 2.14. The van der Waals surface area contributed by atoms with Gasteiger partial charge in [-0.15, -0.1) is 0 Å². The van der Waals surface area contributed by atoms with E-state index < -0.39 is 0 Å². The summed E-state index contributed by atoms with van der Waals surface area (Å²) in [6.45, 7) is 8.27. The van der Waals surface area contributed by atoms with E-state index in [1.54, 1.807) is 6.92 Å². The van der Waals surface area contributed by atoms with Crippen LogP contribution in [-0.2, 0) is 22.6 Å². The van der Waals surface area contributed by atoms with Crippen molar-refractivity contribution in [2.45, 2.75) is 70.9 Å². The van der Waals surface area contributed by atoms with Crippen molar-refractivity contribution < 1.29 is 9.59 Å². The maximum Gasteiger partial charge on any atom is 0.237 e. The Labute approximate surface area is 173 Å². The number of likely N-dealkylation sites (tertiary alicyclic amines) is 2. The number of amides is 2. The highest BCUT2D eigenvalue weighted by atomic mass is 16.2. The van der Waals surface area contributed by atoms with Gasteiger partial charge >= 0.3 is 0 Å². The maximum atomic E-state index is 12.9. The zero-order chi connectivity index (χ0) is 20.4. The van der Waals surface area contributed by atoms with Crippen LogP contribution in [0.15, 0.2) is 6.20 Å². The summed E-state index contributed by atoms with van der Waals surface area (Å²) >= 11 is 0. The first-order valence-corrected chi connectivity index (χ1v) is 11.2. The molecular weight excluding hydrogens is 366 g/mol. The minimum Gasteiger partial charge on any atom is -0.342 e. The van der Waals surface area contributed by atoms with Gasteiger partial charge in [0, 0.05) is 63.2 Å². The second-order valence-electron chi connectivity index (χ2n) is 8.74. The Bertz CT molecular complexity index is 768. The van der Waals surface area contributed by atoms with Gasteiger partial charge in [0.15, 0.2) is 0 Å². The first-order valence-electron chi connectivity index (χ1n) is 11.2. The van der Waals surface area contributed by atoms with Crippen molar-refractivity contribution in [1.82, 2.24) is 24.7 Å². The first-order chi connectivity index (χ1) is 14.0. The second kappa shape index (κ2) is 8.78. The molecule has 4 rings (SSSR count). The number of carbonyl (C=O) groups is 2. The van der Waals surface area contributed by atoms with E-state index in [1.807, 2.05) is 16.0 Å². The minimum absolute atomic E-state index is 0.124. The van der Waals surface area contributed by atoms with Gasteiger partial charge in [0.1, 0.15) is 5.82 Å². The Morgan fingerprint density at radius 1 is 1.14 bits per heavy atom. The van der Waals surface area contributed by atoms with Crippen LogP contribution >= 0.6 is 0 Å². The SMILES string of the molecule is CC[C@@H]1CCCCN1CC(=O)N1CCc2nc([C@@H]3CCN(C(C)=O)C3)ncc2C1. The van der Waals surface area contributed by atoms with Gasteiger partial charge in [-0.3, -0.25) is 14.5 Å². The number of aromatic nitrogens is 2. The number of rotatable bonds is 4. The van der Waals surface area contributed by atoms with Gasteiger partial charge in [0.25, 0.3) is 0 Å². The molecule has 0 N–H and O–H groups in total. The topological polar surface area (TPSA) is 69.6 Å². The van der Waals surface area contributed by atoms with E-state index in [0.717, 1.165) is 56.0 Å². The summed E-state index contributed by atoms with van der Waals surface area (Å²) in [6.07, 6.45) is 8.44. The van der Waals surface area contributed by atoms with Crippen LogP contribution in [0.2, 0.25) is 0 Å². The van der Waals surface area contributed by atoms with Gasteiger partial charge in [-0.2, -0.15) is 0 Å². The minimum atomic E-state index is 0.124. The molecule has 3 aliphatic rings. The first kappa shape index (κ1) is 20.3. The predicted molar refractivity (Wildman–Crippen MR) is 110 cm³/mol. The summed E-state index contributed by atoms with van der Waals surface area (Å²) in [7, 11) is 0. The van der Waals surface area contributed by atoms with Crippen molar-refractivity contribution in [3.63, 3.8) is 0 Å². The number of hydrogen-bond donors (Lipinski definition) is 0. The molecule has 2 atom stereocenters. The number of carbonyl (C=O) groups excluding carboxylic acids is 2. The van der Waals surface area contributed by atoms with E-state index >= 15 is 0 Å². The second-order valence-corrected chi connectivity index (χ2v) is 8.74. The molecule has 0 spiro atoms. The lowest BCUT2D eigenvalue weighted by Crippen LogP contribution is -2.47. The number of fused-ring (bicyclic) bond motifs is 1. The molecule has 0 unspecified atom stereocenters. The van der Waals surface area contributed by atoms with Gasteiger partial charge in [-0.05, 0) is 32.2 Å². The Morgan fingerprint density at radius 2 is 2.00 bits per heavy atom. The van der Waals surface area contributed by atoms with Crippen LogP contribution in [0.25, 0.3) is 0 Å². The molecule has 2 saturated heterocycles. The molecule has 0 radical (unpaired) electrons. The summed E-state index contributed by atoms with van der Waals surface area (Å²) < 4.78 is 0. The van der Waals surface area contributed by atoms with E-state index in [-0.39, 0.29) is 17.7 Å². The molecule has 0 aliphatic carbocycles. The van der Waals surface area contributed by atoms with Crippen molar-refractivity contribution >= 4 is 11.8 Å². The Hall–Kier alpha value is -2.02. The third-order valence-electron chi connectivity index (χ3n) is 6.86. The number of nitrogens with zero attached hydrogens (tertiary/aromatic N) is 5. The van der Waals surface area contributed by atoms with Crippen LogP contribution in [0, 0.1) is 0 Å². The largest absolute Gasteiger partial charge is 0.342 e. The highest BCUT2D eigenvalue weighted by Gasteiger charge is 2.30. The molecule has 3 aliphatic heterocycles. The molecule has 4 heterocycles. The molecule has 0 bridgehead atoms. The molecule has 1 aromatic rings. The summed E-state index contributed by atoms with van der Waals surface area (Å²) in [5.74, 6) is 1.44. The molecule has 2 fully saturated rings. The lowest BCUT2D eigenvalue weighted by Gasteiger charge is -2.37. The fourth-order valence-electron chi connectivity index (χ4n) is 5.00. The van der Waals surface area contributed by atoms with Crippen LogP contribution < -0.4 is 0 Å². The standard InChI is InChI=1S/C22H33N5O2/c1-3-19-6-4-5-9-26(19)15-21(29)27-11-8-20-18(14-27)12-23-22(24-20)17-7-10-25(13-17)16(2)28/h12,17,19H,3-11,13-15H2,1-2H3/t17-,19-/m1/s1. The van der Waals surface area contributed by atoms with E-state index in [9.17, 15) is 9.59 Å². The molecule has 158 valence electrons. The average Bonchev–Trinajstić information content (AvgIpc) is 3.24. The molecule has 0 saturated carbocycles. The Morgan fingerprint density at radius 3 is 2.76 bits per heavy atom. The lowest BCUT2D eigenvalue weighted by atomic mass is 10.00. The van der Waals surface area contributed by atoms with Crippen LogP contribution in [-0.4, -0.2) is 75.2 Å². The van der Waals surface area contributed by atoms with Crippen molar-refractivity contribution in [2.75, 3.05) is 32.7 Å². The molecule has 7 nitrogen and oxygen atoms in total. The summed E-state index contributed by atoms with van der Waals surface area (Å²) in [5, 5.41) is 0. The monoisotopic (exact) mass is 399 g/mol. The zero-order valence-corrected chi connectivity index (χ0v) is 17.8. The van der Waals surface area contributed by atoms with Crippen molar-refractivity contribution in [1.29, 1.82) is 0 Å². The smallest absolute Gasteiger partial charge is 0.237 e. The lowest BCUT2D eigenvalue weighted by molar-refractivity contribution is -0.134. The van der Waals surface area contributed by atoms with E-state index in [0.29, 0.717) is 25.7 Å². The van der Waals surface area contributed by atoms with E-state index in [2.05, 4.69) is 16.8 Å². The summed E-state index contributed by atoms with van der Waals surface area (Å²) in [4.78, 5) is 40.2. The zero-order valence-electron chi connectivity index (χ0n) is 17.8. The van der Waals surface area contributed by atoms with E-state index in [4.69, 9.17) is 4.98 Å². The average molecular weight is 400 g/mol. The van der Waals surface area contributed by atoms with Crippen LogP contribution in [0.5, 0.6) is 0 Å². The summed E-state index contributed by atoms with van der Waals surface area (Å²) in [6, 6.07) is 0.552. The molecular formula is C22H33N5O2. The third-order valence-corrected chi connectivity index (χ3v) is 6.86. The van der Waals surface area contributed by atoms with Gasteiger partial charge in [-0.25, -0.2) is 9.97 Å². The van der Waals surface area contributed by atoms with Gasteiger partial charge < -0.3 is 9.80 Å². The quantitative estimate of drug-likeness (QED) is 0.774. The van der Waals surface area contributed by atoms with Crippen molar-refractivity contribution in [3.05, 3.63) is 23.3 Å². The van der Waals surface area contributed by atoms with Crippen molar-refractivity contribution in [3.8, 4) is 0 Å². The predicted octanol–water partition coefficient (Wildman–Crippen LogP) is 1.96. The molecule has 1 aromatic heterocycles. The van der Waals surface area contributed by atoms with Crippen LogP contribution in [0.4, 0.5) is 0 Å². The molecule has 2 amide bonds. The molecule has 29 heavy (non-hydrogen) atoms. The normalized spacial score (nSPS) is 25.2. The molecule has 7 heteroatoms. The highest BCUT2D eigenvalue weighted by molar-refractivity contribution is 5.78. The van der Waals surface area contributed by atoms with E-state index in [1.165, 1.54) is 19.3 Å². The van der Waals surface area contributed by atoms with Gasteiger partial charge in [-0.1, -0.05) is 13.3 Å². The fourth-order valence-corrected chi connectivity index (χ4v) is 5.00. The molecule has 0 aromatic carbocycles. The van der Waals surface area contributed by atoms with Crippen LogP contribution in [0.3, 0.4) is 0 Å². The maximum absolute atomic E-state index is 12.9. The van der Waals surface area contributed by atoms with Gasteiger partial charge in [0.05, 0.1) is 12.2 Å².